The highest BCUT2D eigenvalue weighted by Gasteiger charge is 2.24. The van der Waals surface area contributed by atoms with Gasteiger partial charge >= 0.3 is 6.03 Å². The second kappa shape index (κ2) is 9.59. The molecule has 0 spiro atoms. The minimum Gasteiger partial charge on any atom is -0.362 e. The first-order valence-corrected chi connectivity index (χ1v) is 11.4. The summed E-state index contributed by atoms with van der Waals surface area (Å²) in [5.41, 5.74) is 5.97. The largest absolute Gasteiger partial charge is 0.362 e. The predicted molar refractivity (Wildman–Crippen MR) is 142 cm³/mol. The van der Waals surface area contributed by atoms with Crippen molar-refractivity contribution in [1.29, 1.82) is 0 Å². The summed E-state index contributed by atoms with van der Waals surface area (Å²) in [5.74, 6) is -0.791. The Kier molecular flexibility index (Phi) is 6.18. The van der Waals surface area contributed by atoms with Gasteiger partial charge in [0.05, 0.1) is 16.9 Å². The van der Waals surface area contributed by atoms with Crippen LogP contribution >= 0.6 is 11.6 Å². The Morgan fingerprint density at radius 3 is 2.58 bits per heavy atom. The van der Waals surface area contributed by atoms with E-state index in [4.69, 9.17) is 11.6 Å². The van der Waals surface area contributed by atoms with Crippen LogP contribution < -0.4 is 21.3 Å². The van der Waals surface area contributed by atoms with Crippen LogP contribution in [0.2, 0.25) is 5.02 Å². The molecular formula is C27H21ClFN5O2. The first-order valence-electron chi connectivity index (χ1n) is 11.1. The van der Waals surface area contributed by atoms with Crippen LogP contribution in [0.4, 0.5) is 37.6 Å². The molecule has 180 valence electrons. The lowest BCUT2D eigenvalue weighted by atomic mass is 10.1. The van der Waals surface area contributed by atoms with Crippen molar-refractivity contribution in [2.75, 3.05) is 21.3 Å². The number of halogens is 2. The Bertz CT molecular complexity index is 1510. The molecule has 0 saturated heterocycles. The molecule has 36 heavy (non-hydrogen) atoms. The van der Waals surface area contributed by atoms with Crippen molar-refractivity contribution in [3.8, 4) is 0 Å². The third-order valence-corrected chi connectivity index (χ3v) is 5.91. The highest BCUT2D eigenvalue weighted by Crippen LogP contribution is 2.36. The summed E-state index contributed by atoms with van der Waals surface area (Å²) in [6, 6.07) is 18.2. The van der Waals surface area contributed by atoms with E-state index in [-0.39, 0.29) is 16.6 Å². The second-order valence-corrected chi connectivity index (χ2v) is 8.69. The lowest BCUT2D eigenvalue weighted by Gasteiger charge is -2.14. The van der Waals surface area contributed by atoms with E-state index in [1.165, 1.54) is 12.1 Å². The average Bonchev–Trinajstić information content (AvgIpc) is 3.46. The van der Waals surface area contributed by atoms with Crippen molar-refractivity contribution in [2.24, 2.45) is 0 Å². The van der Waals surface area contributed by atoms with E-state index in [0.29, 0.717) is 16.9 Å². The van der Waals surface area contributed by atoms with Crippen molar-refractivity contribution >= 4 is 63.6 Å². The fourth-order valence-electron chi connectivity index (χ4n) is 3.87. The SMILES string of the molecule is Cc1ccc(NC(=O)Nc2ccc(Cl)cc2F)cc1Nc1ccc2c(c1)NC(=O)C2=Cc1ccc[nH]1. The summed E-state index contributed by atoms with van der Waals surface area (Å²) in [5, 5.41) is 11.7. The zero-order valence-electron chi connectivity index (χ0n) is 19.1. The Morgan fingerprint density at radius 1 is 0.972 bits per heavy atom. The van der Waals surface area contributed by atoms with Crippen LogP contribution in [0.5, 0.6) is 0 Å². The number of anilines is 5. The summed E-state index contributed by atoms with van der Waals surface area (Å²) in [6.07, 6.45) is 3.62. The highest BCUT2D eigenvalue weighted by atomic mass is 35.5. The number of aryl methyl sites for hydroxylation is 1. The number of aromatic amines is 1. The van der Waals surface area contributed by atoms with Crippen LogP contribution in [0.3, 0.4) is 0 Å². The zero-order chi connectivity index (χ0) is 25.2. The number of amides is 3. The van der Waals surface area contributed by atoms with Crippen LogP contribution in [-0.2, 0) is 4.79 Å². The predicted octanol–water partition coefficient (Wildman–Crippen LogP) is 7.00. The van der Waals surface area contributed by atoms with Gasteiger partial charge in [0.15, 0.2) is 0 Å². The van der Waals surface area contributed by atoms with Gasteiger partial charge in [-0.1, -0.05) is 23.7 Å². The van der Waals surface area contributed by atoms with Crippen LogP contribution in [0.15, 0.2) is 72.9 Å². The Morgan fingerprint density at radius 2 is 1.81 bits per heavy atom. The molecule has 1 aliphatic heterocycles. The Labute approximate surface area is 211 Å². The quantitative estimate of drug-likeness (QED) is 0.190. The molecule has 2 heterocycles. The fraction of sp³-hybridized carbons (Fsp3) is 0.0370. The number of rotatable bonds is 5. The lowest BCUT2D eigenvalue weighted by Crippen LogP contribution is -2.20. The number of urea groups is 1. The molecule has 0 radical (unpaired) electrons. The van der Waals surface area contributed by atoms with Crippen molar-refractivity contribution < 1.29 is 14.0 Å². The molecule has 0 fully saturated rings. The van der Waals surface area contributed by atoms with Crippen LogP contribution in [0, 0.1) is 12.7 Å². The molecule has 0 aliphatic carbocycles. The number of hydrogen-bond donors (Lipinski definition) is 5. The summed E-state index contributed by atoms with van der Waals surface area (Å²) >= 11 is 5.76. The van der Waals surface area contributed by atoms with Crippen LogP contribution in [-0.4, -0.2) is 16.9 Å². The van der Waals surface area contributed by atoms with Gasteiger partial charge in [-0.15, -0.1) is 0 Å². The van der Waals surface area contributed by atoms with Gasteiger partial charge in [-0.2, -0.15) is 0 Å². The first kappa shape index (κ1) is 23.2. The molecule has 0 saturated carbocycles. The smallest absolute Gasteiger partial charge is 0.323 e. The third kappa shape index (κ3) is 4.94. The van der Waals surface area contributed by atoms with Gasteiger partial charge in [-0.05, 0) is 73.2 Å². The van der Waals surface area contributed by atoms with Gasteiger partial charge in [0.2, 0.25) is 0 Å². The molecule has 9 heteroatoms. The van der Waals surface area contributed by atoms with Gasteiger partial charge in [0.25, 0.3) is 5.91 Å². The maximum absolute atomic E-state index is 14.0. The number of nitrogens with one attached hydrogen (secondary N) is 5. The summed E-state index contributed by atoms with van der Waals surface area (Å²) < 4.78 is 14.0. The Hall–Kier alpha value is -4.56. The number of fused-ring (bicyclic) bond motifs is 1. The molecular weight excluding hydrogens is 481 g/mol. The second-order valence-electron chi connectivity index (χ2n) is 8.26. The minimum atomic E-state index is -0.626. The number of hydrogen-bond acceptors (Lipinski definition) is 3. The topological polar surface area (TPSA) is 98.0 Å². The van der Waals surface area contributed by atoms with Gasteiger partial charge in [0, 0.05) is 39.5 Å². The molecule has 1 aromatic heterocycles. The molecule has 0 bridgehead atoms. The molecule has 7 nitrogen and oxygen atoms in total. The number of H-pyrrole nitrogens is 1. The summed E-state index contributed by atoms with van der Waals surface area (Å²) in [4.78, 5) is 28.0. The molecule has 3 aromatic carbocycles. The monoisotopic (exact) mass is 501 g/mol. The fourth-order valence-corrected chi connectivity index (χ4v) is 4.03. The molecule has 5 rings (SSSR count). The average molecular weight is 502 g/mol. The normalized spacial score (nSPS) is 13.3. The van der Waals surface area contributed by atoms with Crippen LogP contribution in [0.1, 0.15) is 16.8 Å². The molecule has 0 unspecified atom stereocenters. The molecule has 5 N–H and O–H groups in total. The minimum absolute atomic E-state index is 0.0206. The van der Waals surface area contributed by atoms with E-state index in [2.05, 4.69) is 26.3 Å². The van der Waals surface area contributed by atoms with Gasteiger partial charge < -0.3 is 26.3 Å². The van der Waals surface area contributed by atoms with Crippen LogP contribution in [0.25, 0.3) is 11.6 Å². The molecule has 1 aliphatic rings. The third-order valence-electron chi connectivity index (χ3n) is 5.68. The van der Waals surface area contributed by atoms with E-state index < -0.39 is 11.8 Å². The lowest BCUT2D eigenvalue weighted by molar-refractivity contribution is -0.110. The number of aromatic nitrogens is 1. The van der Waals surface area contributed by atoms with E-state index in [1.807, 2.05) is 49.4 Å². The van der Waals surface area contributed by atoms with Gasteiger partial charge in [-0.25, -0.2) is 9.18 Å². The zero-order valence-corrected chi connectivity index (χ0v) is 19.8. The maximum atomic E-state index is 14.0. The van der Waals surface area contributed by atoms with Gasteiger partial charge in [-0.3, -0.25) is 4.79 Å². The number of benzene rings is 3. The molecule has 4 aromatic rings. The van der Waals surface area contributed by atoms with Gasteiger partial charge in [0.1, 0.15) is 5.82 Å². The van der Waals surface area contributed by atoms with Crippen molar-refractivity contribution in [3.05, 3.63) is 101 Å². The number of carbonyl (C=O) groups is 2. The molecule has 0 atom stereocenters. The number of carbonyl (C=O) groups excluding carboxylic acids is 2. The van der Waals surface area contributed by atoms with Crippen molar-refractivity contribution in [3.63, 3.8) is 0 Å². The van der Waals surface area contributed by atoms with E-state index in [9.17, 15) is 14.0 Å². The van der Waals surface area contributed by atoms with Crippen molar-refractivity contribution in [1.82, 2.24) is 4.98 Å². The summed E-state index contributed by atoms with van der Waals surface area (Å²) in [6.45, 7) is 1.93. The highest BCUT2D eigenvalue weighted by molar-refractivity contribution is 6.35. The Balaban J connectivity index is 1.31. The van der Waals surface area contributed by atoms with E-state index >= 15 is 0 Å². The maximum Gasteiger partial charge on any atom is 0.323 e. The van der Waals surface area contributed by atoms with Crippen molar-refractivity contribution in [2.45, 2.75) is 6.92 Å². The summed E-state index contributed by atoms with van der Waals surface area (Å²) in [7, 11) is 0. The standard InChI is InChI=1S/C27H21ClFN5O2/c1-15-4-6-19(32-27(36)34-23-9-5-16(28)11-22(23)29)13-24(15)31-18-7-8-20-21(12-17-3-2-10-30-17)26(35)33-25(20)14-18/h2-14,30-31H,1H3,(H,33,35)(H2,32,34,36). The van der Waals surface area contributed by atoms with E-state index in [1.54, 1.807) is 18.3 Å². The van der Waals surface area contributed by atoms with E-state index in [0.717, 1.165) is 34.3 Å². The first-order chi connectivity index (χ1) is 17.4. The molecule has 3 amide bonds.